The predicted molar refractivity (Wildman–Crippen MR) is 59.0 cm³/mol. The fourth-order valence-corrected chi connectivity index (χ4v) is 1.26. The Balaban J connectivity index is 2.19. The van der Waals surface area contributed by atoms with Crippen LogP contribution in [0.5, 0.6) is 0 Å². The number of halogens is 1. The first-order chi connectivity index (χ1) is 8.20. The largest absolute Gasteiger partial charge is 0.395 e. The molecule has 0 spiro atoms. The molecule has 2 aromatic rings. The Morgan fingerprint density at radius 1 is 1.47 bits per heavy atom. The average Bonchev–Trinajstić information content (AvgIpc) is 2.72. The van der Waals surface area contributed by atoms with Crippen LogP contribution in [0.15, 0.2) is 18.6 Å². The third-order valence-corrected chi connectivity index (χ3v) is 2.05. The Morgan fingerprint density at radius 3 is 3.00 bits per heavy atom. The van der Waals surface area contributed by atoms with E-state index in [2.05, 4.69) is 20.3 Å². The summed E-state index contributed by atoms with van der Waals surface area (Å²) in [5, 5.41) is 11.6. The van der Waals surface area contributed by atoms with Crippen molar-refractivity contribution in [2.75, 3.05) is 17.7 Å². The van der Waals surface area contributed by atoms with Crippen LogP contribution in [0.1, 0.15) is 0 Å². The zero-order valence-corrected chi connectivity index (χ0v) is 8.84. The van der Waals surface area contributed by atoms with E-state index >= 15 is 0 Å². The van der Waals surface area contributed by atoms with Gasteiger partial charge in [-0.25, -0.2) is 14.4 Å². The molecular weight excluding hydrogens is 227 g/mol. The number of nitrogen functional groups attached to an aromatic ring is 1. The van der Waals surface area contributed by atoms with Crippen LogP contribution in [0.3, 0.4) is 0 Å². The molecule has 17 heavy (non-hydrogen) atoms. The van der Waals surface area contributed by atoms with Crippen molar-refractivity contribution >= 4 is 17.7 Å². The van der Waals surface area contributed by atoms with Crippen molar-refractivity contribution in [2.24, 2.45) is 0 Å². The van der Waals surface area contributed by atoms with E-state index in [4.69, 9.17) is 10.8 Å². The minimum Gasteiger partial charge on any atom is -0.395 e. The Hall–Kier alpha value is -2.22. The van der Waals surface area contributed by atoms with Gasteiger partial charge in [0, 0.05) is 18.9 Å². The number of nitrogens with two attached hydrogens (primary N) is 1. The van der Waals surface area contributed by atoms with Gasteiger partial charge in [-0.15, -0.1) is 0 Å². The lowest BCUT2D eigenvalue weighted by Gasteiger charge is -2.07. The molecule has 2 heterocycles. The highest BCUT2D eigenvalue weighted by Gasteiger charge is 2.07. The summed E-state index contributed by atoms with van der Waals surface area (Å²) in [6.45, 7) is 0.371. The molecule has 0 atom stereocenters. The maximum atomic E-state index is 12.8. The number of aliphatic hydroxyl groups excluding tert-OH is 1. The number of hydrogen-bond acceptors (Lipinski definition) is 6. The molecule has 90 valence electrons. The van der Waals surface area contributed by atoms with Gasteiger partial charge in [0.2, 0.25) is 11.9 Å². The number of nitrogens with one attached hydrogen (secondary N) is 1. The van der Waals surface area contributed by atoms with Crippen molar-refractivity contribution in [3.05, 3.63) is 24.4 Å². The lowest BCUT2D eigenvalue weighted by Crippen LogP contribution is -2.08. The molecule has 0 amide bonds. The highest BCUT2D eigenvalue weighted by molar-refractivity contribution is 5.46. The molecule has 0 aromatic carbocycles. The number of aliphatic hydroxyl groups is 1. The number of nitrogens with zero attached hydrogens (tertiary/aromatic N) is 4. The van der Waals surface area contributed by atoms with E-state index in [-0.39, 0.29) is 18.4 Å². The fourth-order valence-electron chi connectivity index (χ4n) is 1.26. The quantitative estimate of drug-likeness (QED) is 0.699. The van der Waals surface area contributed by atoms with Crippen LogP contribution in [-0.2, 0) is 6.54 Å². The van der Waals surface area contributed by atoms with Gasteiger partial charge in [-0.1, -0.05) is 0 Å². The van der Waals surface area contributed by atoms with E-state index in [0.29, 0.717) is 12.5 Å². The Morgan fingerprint density at radius 2 is 2.29 bits per heavy atom. The zero-order chi connectivity index (χ0) is 12.3. The first kappa shape index (κ1) is 11.3. The molecule has 0 aliphatic rings. The van der Waals surface area contributed by atoms with Crippen molar-refractivity contribution in [1.29, 1.82) is 0 Å². The lowest BCUT2D eigenvalue weighted by molar-refractivity contribution is 0.277. The van der Waals surface area contributed by atoms with Crippen molar-refractivity contribution in [2.45, 2.75) is 6.54 Å². The summed E-state index contributed by atoms with van der Waals surface area (Å²) in [4.78, 5) is 11.4. The summed E-state index contributed by atoms with van der Waals surface area (Å²) in [6, 6.07) is 0. The molecule has 0 bridgehead atoms. The second kappa shape index (κ2) is 4.74. The molecule has 4 N–H and O–H groups in total. The molecule has 0 fully saturated rings. The van der Waals surface area contributed by atoms with Crippen LogP contribution in [0.4, 0.5) is 22.1 Å². The number of aromatic nitrogens is 4. The molecular formula is C9H11FN6O. The van der Waals surface area contributed by atoms with Crippen LogP contribution in [-0.4, -0.2) is 31.2 Å². The van der Waals surface area contributed by atoms with Crippen LogP contribution in [0, 0.1) is 5.82 Å². The van der Waals surface area contributed by atoms with Gasteiger partial charge in [0.05, 0.1) is 12.8 Å². The molecule has 0 unspecified atom stereocenters. The molecule has 0 saturated carbocycles. The highest BCUT2D eigenvalue weighted by Crippen LogP contribution is 2.13. The monoisotopic (exact) mass is 238 g/mol. The number of hydrogen-bond donors (Lipinski definition) is 3. The summed E-state index contributed by atoms with van der Waals surface area (Å²) < 4.78 is 14.5. The van der Waals surface area contributed by atoms with Gasteiger partial charge >= 0.3 is 0 Å². The molecule has 0 saturated heterocycles. The molecule has 0 aliphatic heterocycles. The Labute approximate surface area is 96.1 Å². The summed E-state index contributed by atoms with van der Waals surface area (Å²) in [5.74, 6) is -0.309. The van der Waals surface area contributed by atoms with Gasteiger partial charge in [0.1, 0.15) is 0 Å². The minimum atomic E-state index is -0.672. The third kappa shape index (κ3) is 2.48. The van der Waals surface area contributed by atoms with Crippen LogP contribution in [0.25, 0.3) is 0 Å². The summed E-state index contributed by atoms with van der Waals surface area (Å²) in [6.07, 6.45) is 4.22. The molecule has 0 radical (unpaired) electrons. The second-order valence-electron chi connectivity index (χ2n) is 3.22. The van der Waals surface area contributed by atoms with E-state index in [1.807, 2.05) is 0 Å². The predicted octanol–water partition coefficient (Wildman–Crippen LogP) is 0.130. The van der Waals surface area contributed by atoms with E-state index in [0.717, 1.165) is 6.20 Å². The standard InChI is InChI=1S/C9H11FN6O/c10-6-5-13-8(14-7(6)11)15-9-12-1-2-16(9)3-4-17/h1-2,5,17H,3-4H2,(H3,11,12,13,14,15). The normalized spacial score (nSPS) is 10.5. The maximum Gasteiger partial charge on any atom is 0.231 e. The SMILES string of the molecule is Nc1nc(Nc2nccn2CCO)ncc1F. The molecule has 8 heteroatoms. The zero-order valence-electron chi connectivity index (χ0n) is 8.84. The average molecular weight is 238 g/mol. The van der Waals surface area contributed by atoms with Gasteiger partial charge in [0.15, 0.2) is 11.6 Å². The molecule has 2 rings (SSSR count). The third-order valence-electron chi connectivity index (χ3n) is 2.05. The van der Waals surface area contributed by atoms with Gasteiger partial charge in [-0.2, -0.15) is 4.98 Å². The van der Waals surface area contributed by atoms with Crippen LogP contribution < -0.4 is 11.1 Å². The van der Waals surface area contributed by atoms with Crippen LogP contribution in [0.2, 0.25) is 0 Å². The Bertz CT molecular complexity index is 514. The fraction of sp³-hybridized carbons (Fsp3) is 0.222. The van der Waals surface area contributed by atoms with Gasteiger partial charge < -0.3 is 15.4 Å². The van der Waals surface area contributed by atoms with E-state index in [1.165, 1.54) is 0 Å². The summed E-state index contributed by atoms with van der Waals surface area (Å²) >= 11 is 0. The van der Waals surface area contributed by atoms with Crippen molar-refractivity contribution < 1.29 is 9.50 Å². The molecule has 7 nitrogen and oxygen atoms in total. The van der Waals surface area contributed by atoms with Crippen LogP contribution >= 0.6 is 0 Å². The molecule has 0 aliphatic carbocycles. The second-order valence-corrected chi connectivity index (χ2v) is 3.22. The van der Waals surface area contributed by atoms with Crippen molar-refractivity contribution in [3.63, 3.8) is 0 Å². The van der Waals surface area contributed by atoms with E-state index in [1.54, 1.807) is 17.0 Å². The Kier molecular flexibility index (Phi) is 3.15. The van der Waals surface area contributed by atoms with E-state index in [9.17, 15) is 4.39 Å². The maximum absolute atomic E-state index is 12.8. The molecule has 2 aromatic heterocycles. The van der Waals surface area contributed by atoms with Gasteiger partial charge in [-0.05, 0) is 0 Å². The van der Waals surface area contributed by atoms with Gasteiger partial charge in [-0.3, -0.25) is 5.32 Å². The highest BCUT2D eigenvalue weighted by atomic mass is 19.1. The smallest absolute Gasteiger partial charge is 0.231 e. The summed E-state index contributed by atoms with van der Waals surface area (Å²) in [5.41, 5.74) is 5.31. The summed E-state index contributed by atoms with van der Waals surface area (Å²) in [7, 11) is 0. The first-order valence-corrected chi connectivity index (χ1v) is 4.87. The number of imidazole rings is 1. The van der Waals surface area contributed by atoms with Crippen molar-refractivity contribution in [1.82, 2.24) is 19.5 Å². The van der Waals surface area contributed by atoms with Crippen molar-refractivity contribution in [3.8, 4) is 0 Å². The lowest BCUT2D eigenvalue weighted by atomic mass is 10.5. The number of anilines is 3. The first-order valence-electron chi connectivity index (χ1n) is 4.87. The number of rotatable bonds is 4. The van der Waals surface area contributed by atoms with E-state index < -0.39 is 5.82 Å². The topological polar surface area (TPSA) is 102 Å². The van der Waals surface area contributed by atoms with Gasteiger partial charge in [0.25, 0.3) is 0 Å². The minimum absolute atomic E-state index is 0.0164.